The van der Waals surface area contributed by atoms with Gasteiger partial charge in [0.1, 0.15) is 11.5 Å². The first-order valence-corrected chi connectivity index (χ1v) is 11.8. The lowest BCUT2D eigenvalue weighted by molar-refractivity contribution is -0.188. The molecule has 7 nitrogen and oxygen atoms in total. The summed E-state index contributed by atoms with van der Waals surface area (Å²) in [6, 6.07) is 3.48. The molecule has 4 N–H and O–H groups in total. The highest BCUT2D eigenvalue weighted by Crippen LogP contribution is 2.65. The Kier molecular flexibility index (Phi) is 5.54. The molecule has 35 heavy (non-hydrogen) atoms. The Hall–Kier alpha value is -3.03. The lowest BCUT2D eigenvalue weighted by Crippen LogP contribution is -2.70. The highest BCUT2D eigenvalue weighted by atomic mass is 16.4. The smallest absolute Gasteiger partial charge is 0.206 e. The lowest BCUT2D eigenvalue weighted by Gasteiger charge is -2.60. The van der Waals surface area contributed by atoms with Crippen LogP contribution in [0.4, 0.5) is 0 Å². The Bertz CT molecular complexity index is 1270. The molecule has 0 heterocycles. The Labute approximate surface area is 204 Å². The average Bonchev–Trinajstić information content (AvgIpc) is 2.78. The molecular weight excluding hydrogens is 448 g/mol. The van der Waals surface area contributed by atoms with Gasteiger partial charge in [0.15, 0.2) is 17.2 Å². The quantitative estimate of drug-likeness (QED) is 0.382. The van der Waals surface area contributed by atoms with Crippen molar-refractivity contribution in [2.24, 2.45) is 10.8 Å². The predicted molar refractivity (Wildman–Crippen MR) is 129 cm³/mol. The van der Waals surface area contributed by atoms with E-state index in [0.717, 1.165) is 0 Å². The molecule has 3 aliphatic rings. The molecule has 0 amide bonds. The number of ketones is 3. The number of Topliss-reactive ketones (excluding diaryl/α,β-unsaturated/α-hetero) is 3. The van der Waals surface area contributed by atoms with E-state index in [1.807, 2.05) is 0 Å². The van der Waals surface area contributed by atoms with Gasteiger partial charge in [-0.2, -0.15) is 0 Å². The number of phenolic OH excluding ortho intramolecular Hbond substituents is 1. The zero-order valence-electron chi connectivity index (χ0n) is 20.7. The molecular formula is C28H32O7. The van der Waals surface area contributed by atoms with E-state index < -0.39 is 51.6 Å². The Morgan fingerprint density at radius 2 is 1.86 bits per heavy atom. The van der Waals surface area contributed by atoms with Crippen molar-refractivity contribution in [2.45, 2.75) is 71.5 Å². The van der Waals surface area contributed by atoms with Gasteiger partial charge in [-0.05, 0) is 50.2 Å². The molecule has 0 saturated carbocycles. The fourth-order valence-electron chi connectivity index (χ4n) is 6.73. The van der Waals surface area contributed by atoms with Gasteiger partial charge in [0.2, 0.25) is 5.78 Å². The van der Waals surface area contributed by atoms with E-state index >= 15 is 0 Å². The van der Waals surface area contributed by atoms with Crippen LogP contribution >= 0.6 is 0 Å². The molecule has 0 aromatic heterocycles. The molecule has 0 fully saturated rings. The van der Waals surface area contributed by atoms with Gasteiger partial charge in [0.25, 0.3) is 0 Å². The van der Waals surface area contributed by atoms with Crippen molar-refractivity contribution >= 4 is 17.3 Å². The summed E-state index contributed by atoms with van der Waals surface area (Å²) in [6.45, 7) is 11.4. The maximum Gasteiger partial charge on any atom is 0.206 e. The summed E-state index contributed by atoms with van der Waals surface area (Å²) in [5, 5.41) is 46.2. The summed E-state index contributed by atoms with van der Waals surface area (Å²) in [6.07, 6.45) is 1.25. The average molecular weight is 481 g/mol. The molecule has 1 aromatic rings. The van der Waals surface area contributed by atoms with Crippen LogP contribution in [0.25, 0.3) is 0 Å². The number of hydrogen-bond donors (Lipinski definition) is 4. The highest BCUT2D eigenvalue weighted by Gasteiger charge is 2.72. The van der Waals surface area contributed by atoms with Crippen LogP contribution in [0.15, 0.2) is 47.3 Å². The maximum atomic E-state index is 13.9. The van der Waals surface area contributed by atoms with Crippen LogP contribution in [0.3, 0.4) is 0 Å². The number of carbonyl (C=O) groups excluding carboxylic acids is 3. The van der Waals surface area contributed by atoms with Gasteiger partial charge in [0.05, 0.1) is 22.8 Å². The molecule has 0 bridgehead atoms. The number of fused-ring (bicyclic) bond motifs is 3. The van der Waals surface area contributed by atoms with Crippen LogP contribution in [0.1, 0.15) is 74.9 Å². The fraction of sp³-hybridized carbons (Fsp3) is 0.464. The van der Waals surface area contributed by atoms with Crippen molar-refractivity contribution in [2.75, 3.05) is 0 Å². The van der Waals surface area contributed by atoms with Gasteiger partial charge in [-0.3, -0.25) is 14.4 Å². The molecule has 3 aliphatic carbocycles. The first kappa shape index (κ1) is 25.1. The number of carbonyl (C=O) groups is 3. The van der Waals surface area contributed by atoms with E-state index in [1.165, 1.54) is 13.8 Å². The number of rotatable bonds is 4. The highest BCUT2D eigenvalue weighted by molar-refractivity contribution is 6.25. The van der Waals surface area contributed by atoms with E-state index in [9.17, 15) is 34.8 Å². The second-order valence-electron chi connectivity index (χ2n) is 10.7. The van der Waals surface area contributed by atoms with Crippen LogP contribution < -0.4 is 0 Å². The molecule has 4 rings (SSSR count). The van der Waals surface area contributed by atoms with Crippen molar-refractivity contribution in [3.05, 3.63) is 64.0 Å². The van der Waals surface area contributed by atoms with Crippen LogP contribution in [0.2, 0.25) is 0 Å². The maximum absolute atomic E-state index is 13.9. The van der Waals surface area contributed by atoms with E-state index in [2.05, 4.69) is 6.58 Å². The number of aliphatic hydroxyl groups excluding tert-OH is 2. The third-order valence-electron chi connectivity index (χ3n) is 8.81. The number of phenols is 1. The topological polar surface area (TPSA) is 132 Å². The molecule has 0 spiro atoms. The van der Waals surface area contributed by atoms with Crippen LogP contribution in [-0.2, 0) is 16.0 Å². The Balaban J connectivity index is 2.05. The fourth-order valence-corrected chi connectivity index (χ4v) is 6.73. The van der Waals surface area contributed by atoms with Crippen molar-refractivity contribution < 1.29 is 34.8 Å². The first-order chi connectivity index (χ1) is 16.2. The minimum absolute atomic E-state index is 0.0146. The molecule has 0 aliphatic heterocycles. The van der Waals surface area contributed by atoms with Crippen molar-refractivity contribution in [1.29, 1.82) is 0 Å². The lowest BCUT2D eigenvalue weighted by atomic mass is 9.44. The largest absolute Gasteiger partial charge is 0.508 e. The zero-order valence-corrected chi connectivity index (χ0v) is 20.7. The minimum atomic E-state index is -2.68. The van der Waals surface area contributed by atoms with Crippen molar-refractivity contribution in [3.63, 3.8) is 0 Å². The van der Waals surface area contributed by atoms with Crippen molar-refractivity contribution in [1.82, 2.24) is 0 Å². The Morgan fingerprint density at radius 1 is 1.23 bits per heavy atom. The summed E-state index contributed by atoms with van der Waals surface area (Å²) in [4.78, 5) is 39.7. The van der Waals surface area contributed by atoms with E-state index in [1.54, 1.807) is 39.0 Å². The minimum Gasteiger partial charge on any atom is -0.508 e. The van der Waals surface area contributed by atoms with Gasteiger partial charge in [-0.25, -0.2) is 0 Å². The SMILES string of the molecule is C=CCCc1ccc2c(c1O)C(=O)C1=C(O)C3(O)C(=O)C(C(C)=O)=C(C)CC3(C)C(O)C1(C)C2C. The van der Waals surface area contributed by atoms with Crippen LogP contribution in [-0.4, -0.2) is 49.5 Å². The molecule has 0 radical (unpaired) electrons. The van der Waals surface area contributed by atoms with E-state index in [4.69, 9.17) is 0 Å². The van der Waals surface area contributed by atoms with Gasteiger partial charge in [-0.15, -0.1) is 6.58 Å². The summed E-state index contributed by atoms with van der Waals surface area (Å²) in [7, 11) is 0. The summed E-state index contributed by atoms with van der Waals surface area (Å²) in [5.74, 6) is -4.00. The normalized spacial score (nSPS) is 34.4. The summed E-state index contributed by atoms with van der Waals surface area (Å²) >= 11 is 0. The molecule has 7 heteroatoms. The molecule has 5 unspecified atom stereocenters. The van der Waals surface area contributed by atoms with E-state index in [0.29, 0.717) is 29.5 Å². The molecule has 0 saturated heterocycles. The van der Waals surface area contributed by atoms with Gasteiger partial charge < -0.3 is 20.4 Å². The molecule has 5 atom stereocenters. The van der Waals surface area contributed by atoms with Crippen molar-refractivity contribution in [3.8, 4) is 5.75 Å². The van der Waals surface area contributed by atoms with Crippen LogP contribution in [0.5, 0.6) is 5.75 Å². The van der Waals surface area contributed by atoms with Gasteiger partial charge in [0, 0.05) is 10.8 Å². The predicted octanol–water partition coefficient (Wildman–Crippen LogP) is 3.62. The number of allylic oxidation sites excluding steroid dienone is 2. The zero-order chi connectivity index (χ0) is 26.2. The molecule has 1 aromatic carbocycles. The number of aromatic hydroxyl groups is 1. The standard InChI is InChI=1S/C28H32O7/c1-7-8-9-16-10-11-17-14(3)27(6)20(22(31)19(17)21(16)30)24(33)28(35)23(32)18(15(4)29)13(2)12-26(28,5)25(27)34/h7,10-11,14,25,30,33-35H,1,8-9,12H2,2-6H3. The molecule has 186 valence electrons. The summed E-state index contributed by atoms with van der Waals surface area (Å²) in [5.41, 5.74) is -4.76. The Morgan fingerprint density at radius 3 is 2.43 bits per heavy atom. The third-order valence-corrected chi connectivity index (χ3v) is 8.81. The monoisotopic (exact) mass is 480 g/mol. The first-order valence-electron chi connectivity index (χ1n) is 11.8. The van der Waals surface area contributed by atoms with Crippen LogP contribution in [0, 0.1) is 10.8 Å². The number of benzene rings is 1. The van der Waals surface area contributed by atoms with Gasteiger partial charge >= 0.3 is 0 Å². The number of aryl methyl sites for hydroxylation is 1. The summed E-state index contributed by atoms with van der Waals surface area (Å²) < 4.78 is 0. The van der Waals surface area contributed by atoms with Gasteiger partial charge in [-0.1, -0.05) is 44.6 Å². The number of aliphatic hydroxyl groups is 3. The third kappa shape index (κ3) is 2.82. The second kappa shape index (κ2) is 7.73. The number of hydrogen-bond acceptors (Lipinski definition) is 7. The van der Waals surface area contributed by atoms with E-state index in [-0.39, 0.29) is 28.9 Å². The second-order valence-corrected chi connectivity index (χ2v) is 10.7.